The zero-order chi connectivity index (χ0) is 19.1. The van der Waals surface area contributed by atoms with E-state index in [4.69, 9.17) is 4.52 Å². The average molecular weight is 380 g/mol. The quantitative estimate of drug-likeness (QED) is 0.530. The van der Waals surface area contributed by atoms with Gasteiger partial charge in [0.25, 0.3) is 5.91 Å². The van der Waals surface area contributed by atoms with Gasteiger partial charge in [-0.3, -0.25) is 4.79 Å². The van der Waals surface area contributed by atoms with E-state index in [2.05, 4.69) is 10.3 Å². The first-order chi connectivity index (χ1) is 13.0. The van der Waals surface area contributed by atoms with Crippen molar-refractivity contribution in [2.75, 3.05) is 7.05 Å². The molecule has 6 nitrogen and oxygen atoms in total. The topological polar surface area (TPSA) is 64.2 Å². The van der Waals surface area contributed by atoms with E-state index in [1.807, 2.05) is 61.9 Å². The number of amides is 1. The third kappa shape index (κ3) is 3.04. The molecule has 3 aromatic heterocycles. The first-order valence-electron chi connectivity index (χ1n) is 8.67. The molecule has 0 radical (unpaired) electrons. The molecule has 4 aromatic rings. The van der Waals surface area contributed by atoms with Crippen molar-refractivity contribution in [3.63, 3.8) is 0 Å². The lowest BCUT2D eigenvalue weighted by Crippen LogP contribution is -2.25. The van der Waals surface area contributed by atoms with Gasteiger partial charge in [0.15, 0.2) is 0 Å². The van der Waals surface area contributed by atoms with Gasteiger partial charge in [-0.05, 0) is 39.0 Å². The molecule has 1 amide bonds. The van der Waals surface area contributed by atoms with Gasteiger partial charge in [0.1, 0.15) is 10.6 Å². The van der Waals surface area contributed by atoms with E-state index < -0.39 is 0 Å². The zero-order valence-corrected chi connectivity index (χ0v) is 16.5. The third-order valence-corrected chi connectivity index (χ3v) is 5.78. The lowest BCUT2D eigenvalue weighted by molar-refractivity contribution is 0.0789. The fourth-order valence-corrected chi connectivity index (χ4v) is 4.30. The van der Waals surface area contributed by atoms with E-state index in [-0.39, 0.29) is 5.91 Å². The smallest absolute Gasteiger partial charge is 0.264 e. The Kier molecular flexibility index (Phi) is 4.31. The molecule has 0 aliphatic carbocycles. The Hall–Kier alpha value is -2.93. The van der Waals surface area contributed by atoms with Crippen molar-refractivity contribution >= 4 is 27.5 Å². The highest BCUT2D eigenvalue weighted by atomic mass is 32.1. The molecule has 1 aromatic carbocycles. The largest absolute Gasteiger partial charge is 0.361 e. The molecule has 0 saturated heterocycles. The minimum Gasteiger partial charge on any atom is -0.361 e. The highest BCUT2D eigenvalue weighted by Gasteiger charge is 2.21. The molecule has 138 valence electrons. The molecular formula is C20H20N4O2S. The summed E-state index contributed by atoms with van der Waals surface area (Å²) in [5.41, 5.74) is 3.68. The number of thiophene rings is 1. The van der Waals surface area contributed by atoms with Crippen LogP contribution in [0.25, 0.3) is 15.9 Å². The molecule has 0 bridgehead atoms. The van der Waals surface area contributed by atoms with Crippen LogP contribution < -0.4 is 0 Å². The maximum absolute atomic E-state index is 13.0. The van der Waals surface area contributed by atoms with Crippen molar-refractivity contribution in [1.82, 2.24) is 19.8 Å². The fourth-order valence-electron chi connectivity index (χ4n) is 3.12. The normalized spacial score (nSPS) is 11.3. The number of aryl methyl sites for hydroxylation is 3. The van der Waals surface area contributed by atoms with Crippen LogP contribution in [0.4, 0.5) is 0 Å². The first-order valence-corrected chi connectivity index (χ1v) is 9.49. The Labute approximate surface area is 161 Å². The summed E-state index contributed by atoms with van der Waals surface area (Å²) >= 11 is 1.47. The Morgan fingerprint density at radius 2 is 1.93 bits per heavy atom. The van der Waals surface area contributed by atoms with E-state index in [1.165, 1.54) is 11.3 Å². The van der Waals surface area contributed by atoms with E-state index >= 15 is 0 Å². The van der Waals surface area contributed by atoms with Crippen LogP contribution in [0.1, 0.15) is 32.4 Å². The fraction of sp³-hybridized carbons (Fsp3) is 0.250. The number of carbonyl (C=O) groups is 1. The second kappa shape index (κ2) is 6.66. The number of benzene rings is 1. The third-order valence-electron chi connectivity index (χ3n) is 4.68. The summed E-state index contributed by atoms with van der Waals surface area (Å²) in [4.78, 5) is 16.4. The molecule has 7 heteroatoms. The van der Waals surface area contributed by atoms with Gasteiger partial charge in [-0.1, -0.05) is 23.4 Å². The highest BCUT2D eigenvalue weighted by molar-refractivity contribution is 7.20. The van der Waals surface area contributed by atoms with Gasteiger partial charge in [0.2, 0.25) is 0 Å². The molecule has 3 heterocycles. The average Bonchev–Trinajstić information content (AvgIpc) is 3.33. The summed E-state index contributed by atoms with van der Waals surface area (Å²) in [5.74, 6) is 0.731. The summed E-state index contributed by atoms with van der Waals surface area (Å²) in [6.45, 7) is 6.20. The number of hydrogen-bond donors (Lipinski definition) is 0. The van der Waals surface area contributed by atoms with E-state index in [0.717, 1.165) is 38.6 Å². The minimum absolute atomic E-state index is 0.0183. The highest BCUT2D eigenvalue weighted by Crippen LogP contribution is 2.31. The molecule has 0 aliphatic heterocycles. The molecule has 0 atom stereocenters. The zero-order valence-electron chi connectivity index (χ0n) is 15.7. The van der Waals surface area contributed by atoms with Gasteiger partial charge in [0.05, 0.1) is 28.5 Å². The van der Waals surface area contributed by atoms with Crippen LogP contribution in [0.5, 0.6) is 0 Å². The molecular weight excluding hydrogens is 360 g/mol. The van der Waals surface area contributed by atoms with Crippen LogP contribution in [0.15, 0.2) is 40.9 Å². The molecule has 0 aliphatic rings. The van der Waals surface area contributed by atoms with E-state index in [1.54, 1.807) is 11.9 Å². The van der Waals surface area contributed by atoms with Crippen LogP contribution in [0, 0.1) is 20.8 Å². The van der Waals surface area contributed by atoms with Crippen molar-refractivity contribution in [3.8, 4) is 5.69 Å². The number of aromatic nitrogens is 3. The number of fused-ring (bicyclic) bond motifs is 1. The van der Waals surface area contributed by atoms with Crippen molar-refractivity contribution < 1.29 is 9.32 Å². The summed E-state index contributed by atoms with van der Waals surface area (Å²) in [7, 11) is 1.80. The van der Waals surface area contributed by atoms with Gasteiger partial charge in [-0.15, -0.1) is 11.3 Å². The van der Waals surface area contributed by atoms with Crippen molar-refractivity contribution in [1.29, 1.82) is 0 Å². The second-order valence-corrected chi connectivity index (χ2v) is 7.66. The lowest BCUT2D eigenvalue weighted by Gasteiger charge is -2.15. The molecule has 0 saturated carbocycles. The standard InChI is InChI=1S/C20H20N4O2S/c1-12-16-10-18(19(25)23(4)11-17-13(2)22-26-14(17)3)27-20(16)24(21-12)15-8-6-5-7-9-15/h5-10H,11H2,1-4H3. The van der Waals surface area contributed by atoms with Gasteiger partial charge in [-0.25, -0.2) is 4.68 Å². The Morgan fingerprint density at radius 1 is 1.19 bits per heavy atom. The molecule has 4 rings (SSSR count). The summed E-state index contributed by atoms with van der Waals surface area (Å²) in [6, 6.07) is 11.9. The van der Waals surface area contributed by atoms with Crippen molar-refractivity contribution in [3.05, 3.63) is 64.0 Å². The van der Waals surface area contributed by atoms with Gasteiger partial charge < -0.3 is 9.42 Å². The van der Waals surface area contributed by atoms with Crippen molar-refractivity contribution in [2.24, 2.45) is 0 Å². The summed E-state index contributed by atoms with van der Waals surface area (Å²) < 4.78 is 7.10. The summed E-state index contributed by atoms with van der Waals surface area (Å²) in [5, 5.41) is 9.61. The molecule has 0 unspecified atom stereocenters. The number of hydrogen-bond acceptors (Lipinski definition) is 5. The minimum atomic E-state index is -0.0183. The molecule has 0 spiro atoms. The predicted octanol–water partition coefficient (Wildman–Crippen LogP) is 4.27. The number of carbonyl (C=O) groups excluding carboxylic acids is 1. The Balaban J connectivity index is 1.67. The lowest BCUT2D eigenvalue weighted by atomic mass is 10.2. The maximum Gasteiger partial charge on any atom is 0.264 e. The van der Waals surface area contributed by atoms with Crippen LogP contribution in [-0.2, 0) is 6.54 Å². The molecule has 27 heavy (non-hydrogen) atoms. The summed E-state index contributed by atoms with van der Waals surface area (Å²) in [6.07, 6.45) is 0. The van der Waals surface area contributed by atoms with Gasteiger partial charge in [-0.2, -0.15) is 5.10 Å². The van der Waals surface area contributed by atoms with E-state index in [0.29, 0.717) is 11.4 Å². The SMILES string of the molecule is Cc1noc(C)c1CN(C)C(=O)c1cc2c(C)nn(-c3ccccc3)c2s1. The first kappa shape index (κ1) is 17.5. The van der Waals surface area contributed by atoms with Crippen molar-refractivity contribution in [2.45, 2.75) is 27.3 Å². The Bertz CT molecular complexity index is 1100. The van der Waals surface area contributed by atoms with Gasteiger partial charge in [0, 0.05) is 18.0 Å². The van der Waals surface area contributed by atoms with Crippen LogP contribution in [-0.4, -0.2) is 32.8 Å². The second-order valence-electron chi connectivity index (χ2n) is 6.63. The van der Waals surface area contributed by atoms with E-state index in [9.17, 15) is 4.79 Å². The monoisotopic (exact) mass is 380 g/mol. The number of rotatable bonds is 4. The molecule has 0 fully saturated rings. The number of nitrogens with zero attached hydrogens (tertiary/aromatic N) is 4. The van der Waals surface area contributed by atoms with Gasteiger partial charge >= 0.3 is 0 Å². The number of para-hydroxylation sites is 1. The van der Waals surface area contributed by atoms with Crippen LogP contribution in [0.2, 0.25) is 0 Å². The Morgan fingerprint density at radius 3 is 2.59 bits per heavy atom. The molecule has 0 N–H and O–H groups in total. The predicted molar refractivity (Wildman–Crippen MR) is 105 cm³/mol. The van der Waals surface area contributed by atoms with Crippen LogP contribution in [0.3, 0.4) is 0 Å². The maximum atomic E-state index is 13.0. The van der Waals surface area contributed by atoms with Crippen LogP contribution >= 0.6 is 11.3 Å².